The molecule has 1 aromatic rings. The van der Waals surface area contributed by atoms with Crippen molar-refractivity contribution in [3.05, 3.63) is 40.5 Å². The van der Waals surface area contributed by atoms with Crippen molar-refractivity contribution in [2.24, 2.45) is 5.73 Å². The van der Waals surface area contributed by atoms with Crippen molar-refractivity contribution in [2.75, 3.05) is 13.9 Å². The topological polar surface area (TPSA) is 104 Å². The van der Waals surface area contributed by atoms with Crippen LogP contribution < -0.4 is 19.9 Å². The van der Waals surface area contributed by atoms with Gasteiger partial charge in [0, 0.05) is 5.57 Å². The lowest BCUT2D eigenvalue weighted by atomic mass is 9.81. The van der Waals surface area contributed by atoms with Crippen LogP contribution >= 0.6 is 0 Å². The molecule has 2 aliphatic rings. The van der Waals surface area contributed by atoms with Crippen molar-refractivity contribution in [1.29, 1.82) is 5.26 Å². The Morgan fingerprint density at radius 2 is 2.17 bits per heavy atom. The molecule has 0 saturated heterocycles. The molecule has 0 radical (unpaired) electrons. The lowest BCUT2D eigenvalue weighted by molar-refractivity contribution is -0.114. The smallest absolute Gasteiger partial charge is 0.231 e. The van der Waals surface area contributed by atoms with Gasteiger partial charge in [-0.2, -0.15) is 5.26 Å². The van der Waals surface area contributed by atoms with Crippen molar-refractivity contribution >= 4 is 5.78 Å². The number of benzene rings is 1. The van der Waals surface area contributed by atoms with Gasteiger partial charge in [-0.05, 0) is 31.5 Å². The minimum atomic E-state index is -0.648. The summed E-state index contributed by atoms with van der Waals surface area (Å²) in [5, 5.41) is 9.51. The molecule has 3 rings (SSSR count). The molecule has 0 aliphatic carbocycles. The number of carbonyl (C=O) groups excluding carboxylic acids is 1. The van der Waals surface area contributed by atoms with Crippen molar-refractivity contribution in [3.8, 4) is 23.3 Å². The lowest BCUT2D eigenvalue weighted by Gasteiger charge is -2.27. The Morgan fingerprint density at radius 1 is 1.42 bits per heavy atom. The van der Waals surface area contributed by atoms with Gasteiger partial charge in [-0.25, -0.2) is 0 Å². The maximum atomic E-state index is 12.2. The summed E-state index contributed by atoms with van der Waals surface area (Å²) in [6.45, 7) is 3.16. The number of ether oxygens (including phenoxy) is 4. The number of hydrogen-bond acceptors (Lipinski definition) is 7. The minimum Gasteiger partial charge on any atom is -0.493 e. The van der Waals surface area contributed by atoms with E-state index in [1.54, 1.807) is 19.1 Å². The first-order chi connectivity index (χ1) is 11.5. The maximum absolute atomic E-state index is 12.2. The monoisotopic (exact) mass is 328 g/mol. The zero-order chi connectivity index (χ0) is 17.4. The summed E-state index contributed by atoms with van der Waals surface area (Å²) in [7, 11) is 1.51. The Hall–Kier alpha value is -3.14. The number of nitrogens with zero attached hydrogens (tertiary/aromatic N) is 1. The van der Waals surface area contributed by atoms with Gasteiger partial charge in [-0.1, -0.05) is 0 Å². The Kier molecular flexibility index (Phi) is 3.81. The highest BCUT2D eigenvalue weighted by atomic mass is 16.7. The predicted octanol–water partition coefficient (Wildman–Crippen LogP) is 2.09. The van der Waals surface area contributed by atoms with Crippen molar-refractivity contribution in [3.63, 3.8) is 0 Å². The summed E-state index contributed by atoms with van der Waals surface area (Å²) in [4.78, 5) is 12.2. The molecule has 1 aromatic carbocycles. The number of carbonyl (C=O) groups is 1. The molecule has 0 spiro atoms. The zero-order valence-electron chi connectivity index (χ0n) is 13.5. The highest BCUT2D eigenvalue weighted by Crippen LogP contribution is 2.47. The number of nitriles is 1. The summed E-state index contributed by atoms with van der Waals surface area (Å²) in [5.41, 5.74) is 7.05. The molecule has 124 valence electrons. The fraction of sp³-hybridized carbons (Fsp3) is 0.294. The number of fused-ring (bicyclic) bond motifs is 1. The standard InChI is InChI=1S/C17H16N2O5/c1-8(20)14-9(2)24-17(19)11(6-18)15(14)10-4-12(21-3)16-13(5-10)22-7-23-16/h4-5,15H,7,19H2,1-3H3. The molecule has 1 atom stereocenters. The second-order valence-electron chi connectivity index (χ2n) is 5.41. The second-order valence-corrected chi connectivity index (χ2v) is 5.41. The molecule has 0 aromatic heterocycles. The van der Waals surface area contributed by atoms with Gasteiger partial charge in [0.25, 0.3) is 0 Å². The Balaban J connectivity index is 2.23. The fourth-order valence-electron chi connectivity index (χ4n) is 2.99. The number of rotatable bonds is 3. The molecule has 1 unspecified atom stereocenters. The van der Waals surface area contributed by atoms with Crippen molar-refractivity contribution in [2.45, 2.75) is 19.8 Å². The van der Waals surface area contributed by atoms with Crippen LogP contribution in [0.5, 0.6) is 17.2 Å². The quantitative estimate of drug-likeness (QED) is 0.906. The van der Waals surface area contributed by atoms with Crippen LogP contribution in [0.4, 0.5) is 0 Å². The molecular weight excluding hydrogens is 312 g/mol. The third-order valence-electron chi connectivity index (χ3n) is 4.00. The van der Waals surface area contributed by atoms with Crippen LogP contribution in [0.15, 0.2) is 34.9 Å². The van der Waals surface area contributed by atoms with Crippen LogP contribution in [0.1, 0.15) is 25.3 Å². The first kappa shape index (κ1) is 15.7. The largest absolute Gasteiger partial charge is 0.493 e. The van der Waals surface area contributed by atoms with Crippen LogP contribution in [0.3, 0.4) is 0 Å². The van der Waals surface area contributed by atoms with E-state index in [1.807, 2.05) is 6.07 Å². The van der Waals surface area contributed by atoms with E-state index >= 15 is 0 Å². The predicted molar refractivity (Wildman–Crippen MR) is 83.2 cm³/mol. The molecule has 0 saturated carbocycles. The zero-order valence-corrected chi connectivity index (χ0v) is 13.5. The summed E-state index contributed by atoms with van der Waals surface area (Å²) >= 11 is 0. The van der Waals surface area contributed by atoms with Crippen molar-refractivity contribution < 1.29 is 23.7 Å². The first-order valence-corrected chi connectivity index (χ1v) is 7.24. The Morgan fingerprint density at radius 3 is 2.79 bits per heavy atom. The molecule has 0 fully saturated rings. The molecule has 2 heterocycles. The molecule has 0 bridgehead atoms. The molecule has 24 heavy (non-hydrogen) atoms. The molecule has 7 nitrogen and oxygen atoms in total. The van der Waals surface area contributed by atoms with Crippen LogP contribution in [-0.2, 0) is 9.53 Å². The van der Waals surface area contributed by atoms with E-state index in [2.05, 4.69) is 0 Å². The van der Waals surface area contributed by atoms with Crippen molar-refractivity contribution in [1.82, 2.24) is 0 Å². The van der Waals surface area contributed by atoms with Gasteiger partial charge in [0.05, 0.1) is 13.0 Å². The maximum Gasteiger partial charge on any atom is 0.231 e. The third kappa shape index (κ3) is 2.33. The summed E-state index contributed by atoms with van der Waals surface area (Å²) < 4.78 is 21.5. The highest BCUT2D eigenvalue weighted by molar-refractivity contribution is 5.96. The SMILES string of the molecule is COc1cc(C2C(C#N)=C(N)OC(C)=C2C(C)=O)cc2c1OCO2. The number of ketones is 1. The average Bonchev–Trinajstić information content (AvgIpc) is 3.01. The van der Waals surface area contributed by atoms with Crippen LogP contribution in [0.25, 0.3) is 0 Å². The third-order valence-corrected chi connectivity index (χ3v) is 4.00. The van der Waals surface area contributed by atoms with Crippen LogP contribution in [0, 0.1) is 11.3 Å². The van der Waals surface area contributed by atoms with E-state index < -0.39 is 5.92 Å². The van der Waals surface area contributed by atoms with E-state index in [1.165, 1.54) is 14.0 Å². The summed E-state index contributed by atoms with van der Waals surface area (Å²) in [6.07, 6.45) is 0. The first-order valence-electron chi connectivity index (χ1n) is 7.24. The van der Waals surface area contributed by atoms with Crippen LogP contribution in [0.2, 0.25) is 0 Å². The molecule has 0 amide bonds. The number of methoxy groups -OCH3 is 1. The van der Waals surface area contributed by atoms with E-state index in [0.29, 0.717) is 34.1 Å². The average molecular weight is 328 g/mol. The Bertz CT molecular complexity index is 832. The van der Waals surface area contributed by atoms with Crippen LogP contribution in [-0.4, -0.2) is 19.7 Å². The normalized spacial score (nSPS) is 19.0. The summed E-state index contributed by atoms with van der Waals surface area (Å²) in [5.74, 6) is 0.963. The van der Waals surface area contributed by atoms with E-state index in [-0.39, 0.29) is 24.0 Å². The van der Waals surface area contributed by atoms with Gasteiger partial charge in [0.2, 0.25) is 18.4 Å². The van der Waals surface area contributed by atoms with Gasteiger partial charge in [0.15, 0.2) is 17.3 Å². The van der Waals surface area contributed by atoms with Gasteiger partial charge < -0.3 is 24.7 Å². The molecule has 2 N–H and O–H groups in total. The highest BCUT2D eigenvalue weighted by Gasteiger charge is 2.35. The number of allylic oxidation sites excluding steroid dienone is 3. The lowest BCUT2D eigenvalue weighted by Crippen LogP contribution is -2.23. The number of nitrogens with two attached hydrogens (primary N) is 1. The number of hydrogen-bond donors (Lipinski definition) is 1. The molecule has 7 heteroatoms. The molecule has 2 aliphatic heterocycles. The second kappa shape index (κ2) is 5.81. The van der Waals surface area contributed by atoms with Gasteiger partial charge >= 0.3 is 0 Å². The van der Waals surface area contributed by atoms with Gasteiger partial charge in [0.1, 0.15) is 17.4 Å². The number of Topliss-reactive ketones (excluding diaryl/α,β-unsaturated/α-hetero) is 1. The van der Waals surface area contributed by atoms with E-state index in [0.717, 1.165) is 0 Å². The van der Waals surface area contributed by atoms with Gasteiger partial charge in [-0.15, -0.1) is 0 Å². The van der Waals surface area contributed by atoms with E-state index in [4.69, 9.17) is 24.7 Å². The van der Waals surface area contributed by atoms with Gasteiger partial charge in [-0.3, -0.25) is 4.79 Å². The molecular formula is C17H16N2O5. The van der Waals surface area contributed by atoms with E-state index in [9.17, 15) is 10.1 Å². The Labute approximate surface area is 138 Å². The fourth-order valence-corrected chi connectivity index (χ4v) is 2.99. The summed E-state index contributed by atoms with van der Waals surface area (Å²) in [6, 6.07) is 5.48. The minimum absolute atomic E-state index is 0.0124.